The first-order valence-corrected chi connectivity index (χ1v) is 8.67. The zero-order valence-electron chi connectivity index (χ0n) is 11.6. The molecule has 1 aromatic carbocycles. The molecule has 7 heteroatoms. The number of carbonyl (C=O) groups excluding carboxylic acids is 1. The van der Waals surface area contributed by atoms with Crippen molar-refractivity contribution in [2.24, 2.45) is 0 Å². The molecule has 0 bridgehead atoms. The molecule has 0 aliphatic carbocycles. The highest BCUT2D eigenvalue weighted by molar-refractivity contribution is 9.10. The van der Waals surface area contributed by atoms with E-state index in [1.54, 1.807) is 12.1 Å². The molecular formula is C13H19BrN2O3S. The normalized spacial score (nSPS) is 11.3. The topological polar surface area (TPSA) is 75.3 Å². The Bertz CT molecular complexity index is 573. The van der Waals surface area contributed by atoms with Crippen LogP contribution < -0.4 is 10.0 Å². The maximum Gasteiger partial charge on any atom is 0.240 e. The van der Waals surface area contributed by atoms with Crippen LogP contribution in [-0.2, 0) is 14.8 Å². The lowest BCUT2D eigenvalue weighted by Gasteiger charge is -2.08. The van der Waals surface area contributed by atoms with Crippen LogP contribution in [0.4, 0.5) is 0 Å². The number of hydrogen-bond acceptors (Lipinski definition) is 3. The second kappa shape index (κ2) is 7.75. The van der Waals surface area contributed by atoms with Gasteiger partial charge >= 0.3 is 0 Å². The van der Waals surface area contributed by atoms with Crippen LogP contribution in [0.1, 0.15) is 25.3 Å². The monoisotopic (exact) mass is 362 g/mol. The Balaban J connectivity index is 2.57. The molecule has 0 spiro atoms. The van der Waals surface area contributed by atoms with Gasteiger partial charge in [0.15, 0.2) is 0 Å². The molecule has 0 radical (unpaired) electrons. The lowest BCUT2D eigenvalue weighted by atomic mass is 10.2. The Morgan fingerprint density at radius 2 is 2.00 bits per heavy atom. The predicted octanol–water partition coefficient (Wildman–Crippen LogP) is 1.95. The van der Waals surface area contributed by atoms with E-state index in [2.05, 4.69) is 26.0 Å². The number of carbonyl (C=O) groups is 1. The number of halogens is 1. The molecule has 0 unspecified atom stereocenters. The van der Waals surface area contributed by atoms with Crippen LogP contribution in [0.3, 0.4) is 0 Å². The summed E-state index contributed by atoms with van der Waals surface area (Å²) >= 11 is 3.32. The molecule has 0 atom stereocenters. The summed E-state index contributed by atoms with van der Waals surface area (Å²) in [6.07, 6.45) is 0.990. The van der Waals surface area contributed by atoms with Gasteiger partial charge in [0.25, 0.3) is 0 Å². The molecule has 0 heterocycles. The second-order valence-corrected chi connectivity index (χ2v) is 7.03. The molecule has 1 aromatic rings. The van der Waals surface area contributed by atoms with E-state index in [4.69, 9.17) is 0 Å². The standard InChI is InChI=1S/C13H19BrN2O3S/c1-3-7-15-13(17)6-8-16-20(18,19)11-4-5-12(14)10(2)9-11/h4-5,9,16H,3,6-8H2,1-2H3,(H,15,17). The zero-order chi connectivity index (χ0) is 15.2. The number of benzene rings is 1. The average molecular weight is 363 g/mol. The van der Waals surface area contributed by atoms with Crippen LogP contribution in [0.5, 0.6) is 0 Å². The molecule has 0 aromatic heterocycles. The van der Waals surface area contributed by atoms with Gasteiger partial charge in [-0.2, -0.15) is 0 Å². The van der Waals surface area contributed by atoms with Gasteiger partial charge in [0.1, 0.15) is 0 Å². The number of amides is 1. The molecule has 1 amide bonds. The summed E-state index contributed by atoms with van der Waals surface area (Å²) in [5, 5.41) is 2.69. The van der Waals surface area contributed by atoms with Crippen molar-refractivity contribution in [3.05, 3.63) is 28.2 Å². The third-order valence-corrected chi connectivity index (χ3v) is 5.00. The number of hydrogen-bond donors (Lipinski definition) is 2. The fourth-order valence-electron chi connectivity index (χ4n) is 1.52. The molecule has 0 fully saturated rings. The van der Waals surface area contributed by atoms with E-state index in [1.807, 2.05) is 13.8 Å². The van der Waals surface area contributed by atoms with Gasteiger partial charge in [-0.3, -0.25) is 4.79 Å². The molecule has 0 saturated heterocycles. The highest BCUT2D eigenvalue weighted by atomic mass is 79.9. The molecule has 1 rings (SSSR count). The van der Waals surface area contributed by atoms with Gasteiger partial charge in [0.2, 0.25) is 15.9 Å². The van der Waals surface area contributed by atoms with Crippen LogP contribution in [-0.4, -0.2) is 27.4 Å². The van der Waals surface area contributed by atoms with Crippen LogP contribution in [0.25, 0.3) is 0 Å². The molecular weight excluding hydrogens is 344 g/mol. The summed E-state index contributed by atoms with van der Waals surface area (Å²) in [5.74, 6) is -0.151. The number of rotatable bonds is 7. The fourth-order valence-corrected chi connectivity index (χ4v) is 2.88. The van der Waals surface area contributed by atoms with Gasteiger partial charge in [-0.1, -0.05) is 22.9 Å². The van der Waals surface area contributed by atoms with Crippen LogP contribution >= 0.6 is 15.9 Å². The first-order valence-electron chi connectivity index (χ1n) is 6.39. The molecule has 20 heavy (non-hydrogen) atoms. The first-order chi connectivity index (χ1) is 9.36. The van der Waals surface area contributed by atoms with Crippen molar-refractivity contribution in [1.82, 2.24) is 10.0 Å². The minimum Gasteiger partial charge on any atom is -0.356 e. The lowest BCUT2D eigenvalue weighted by molar-refractivity contribution is -0.120. The summed E-state index contributed by atoms with van der Waals surface area (Å²) in [5.41, 5.74) is 0.841. The van der Waals surface area contributed by atoms with Gasteiger partial charge < -0.3 is 5.32 Å². The third-order valence-electron chi connectivity index (χ3n) is 2.66. The number of sulfonamides is 1. The molecule has 0 saturated carbocycles. The zero-order valence-corrected chi connectivity index (χ0v) is 14.0. The lowest BCUT2D eigenvalue weighted by Crippen LogP contribution is -2.31. The minimum absolute atomic E-state index is 0.0903. The predicted molar refractivity (Wildman–Crippen MR) is 82.0 cm³/mol. The minimum atomic E-state index is -3.57. The maximum absolute atomic E-state index is 12.0. The smallest absolute Gasteiger partial charge is 0.240 e. The fraction of sp³-hybridized carbons (Fsp3) is 0.462. The van der Waals surface area contributed by atoms with Crippen molar-refractivity contribution >= 4 is 31.9 Å². The first kappa shape index (κ1) is 17.1. The Morgan fingerprint density at radius 1 is 1.30 bits per heavy atom. The molecule has 112 valence electrons. The third kappa shape index (κ3) is 5.22. The Kier molecular flexibility index (Phi) is 6.64. The largest absolute Gasteiger partial charge is 0.356 e. The van der Waals surface area contributed by atoms with E-state index in [9.17, 15) is 13.2 Å². The van der Waals surface area contributed by atoms with Crippen molar-refractivity contribution in [2.75, 3.05) is 13.1 Å². The summed E-state index contributed by atoms with van der Waals surface area (Å²) < 4.78 is 27.3. The van der Waals surface area contributed by atoms with Crippen molar-refractivity contribution in [3.63, 3.8) is 0 Å². The van der Waals surface area contributed by atoms with Gasteiger partial charge in [-0.15, -0.1) is 0 Å². The summed E-state index contributed by atoms with van der Waals surface area (Å²) in [4.78, 5) is 11.6. The van der Waals surface area contributed by atoms with Gasteiger partial charge in [0, 0.05) is 24.0 Å². The van der Waals surface area contributed by atoms with Crippen molar-refractivity contribution in [2.45, 2.75) is 31.6 Å². The van der Waals surface area contributed by atoms with Crippen LogP contribution in [0.15, 0.2) is 27.6 Å². The van der Waals surface area contributed by atoms with E-state index in [1.165, 1.54) is 6.07 Å². The van der Waals surface area contributed by atoms with E-state index < -0.39 is 10.0 Å². The van der Waals surface area contributed by atoms with E-state index >= 15 is 0 Å². The average Bonchev–Trinajstić information content (AvgIpc) is 2.39. The molecule has 0 aliphatic heterocycles. The van der Waals surface area contributed by atoms with Crippen LogP contribution in [0, 0.1) is 6.92 Å². The van der Waals surface area contributed by atoms with E-state index in [0.29, 0.717) is 6.54 Å². The quantitative estimate of drug-likeness (QED) is 0.778. The molecule has 0 aliphatic rings. The number of aryl methyl sites for hydroxylation is 1. The molecule has 5 nitrogen and oxygen atoms in total. The van der Waals surface area contributed by atoms with Crippen LogP contribution in [0.2, 0.25) is 0 Å². The maximum atomic E-state index is 12.0. The van der Waals surface area contributed by atoms with Gasteiger partial charge in [-0.25, -0.2) is 13.1 Å². The Morgan fingerprint density at radius 3 is 2.60 bits per heavy atom. The Labute approximate surface area is 128 Å². The Hall–Kier alpha value is -0.920. The summed E-state index contributed by atoms with van der Waals surface area (Å²) in [6, 6.07) is 4.80. The van der Waals surface area contributed by atoms with Crippen molar-refractivity contribution < 1.29 is 13.2 Å². The SMILES string of the molecule is CCCNC(=O)CCNS(=O)(=O)c1ccc(Br)c(C)c1. The summed E-state index contributed by atoms with van der Waals surface area (Å²) in [7, 11) is -3.57. The highest BCUT2D eigenvalue weighted by Crippen LogP contribution is 2.19. The molecule has 2 N–H and O–H groups in total. The van der Waals surface area contributed by atoms with Crippen molar-refractivity contribution in [1.29, 1.82) is 0 Å². The second-order valence-electron chi connectivity index (χ2n) is 4.41. The van der Waals surface area contributed by atoms with E-state index in [0.717, 1.165) is 16.5 Å². The summed E-state index contributed by atoms with van der Waals surface area (Å²) in [6.45, 7) is 4.48. The highest BCUT2D eigenvalue weighted by Gasteiger charge is 2.14. The number of nitrogens with one attached hydrogen (secondary N) is 2. The van der Waals surface area contributed by atoms with Gasteiger partial charge in [-0.05, 0) is 37.1 Å². The van der Waals surface area contributed by atoms with E-state index in [-0.39, 0.29) is 23.8 Å². The van der Waals surface area contributed by atoms with Crippen molar-refractivity contribution in [3.8, 4) is 0 Å². The van der Waals surface area contributed by atoms with Gasteiger partial charge in [0.05, 0.1) is 4.90 Å².